The van der Waals surface area contributed by atoms with Crippen LogP contribution in [0.2, 0.25) is 0 Å². The number of nitrogens with two attached hydrogens (primary N) is 1. The third-order valence-electron chi connectivity index (χ3n) is 2.89. The normalized spacial score (nSPS) is 27.4. The molecular weight excluding hydrogens is 184 g/mol. The Bertz CT molecular complexity index is 329. The number of benzene rings is 1. The molecule has 3 atom stereocenters. The van der Waals surface area contributed by atoms with Crippen LogP contribution in [0.25, 0.3) is 0 Å². The van der Waals surface area contributed by atoms with Gasteiger partial charge in [-0.2, -0.15) is 0 Å². The molecule has 2 rings (SSSR count). The van der Waals surface area contributed by atoms with E-state index in [0.29, 0.717) is 0 Å². The number of rotatable bonds is 2. The van der Waals surface area contributed by atoms with Crippen molar-refractivity contribution >= 4 is 0 Å². The quantitative estimate of drug-likeness (QED) is 0.774. The second-order valence-corrected chi connectivity index (χ2v) is 4.00. The Labute approximate surface area is 81.9 Å². The zero-order valence-corrected chi connectivity index (χ0v) is 8.00. The topological polar surface area (TPSA) is 26.0 Å². The van der Waals surface area contributed by atoms with E-state index >= 15 is 0 Å². The van der Waals surface area contributed by atoms with E-state index < -0.39 is 11.6 Å². The van der Waals surface area contributed by atoms with Gasteiger partial charge in [-0.1, -0.05) is 6.07 Å². The lowest BCUT2D eigenvalue weighted by molar-refractivity contribution is 0.542. The third-order valence-corrected chi connectivity index (χ3v) is 2.89. The molecule has 14 heavy (non-hydrogen) atoms. The predicted molar refractivity (Wildman–Crippen MR) is 50.9 cm³/mol. The summed E-state index contributed by atoms with van der Waals surface area (Å²) in [5.41, 5.74) is 5.90. The van der Waals surface area contributed by atoms with Gasteiger partial charge in [0.05, 0.1) is 0 Å². The van der Waals surface area contributed by atoms with Crippen LogP contribution in [0, 0.1) is 17.6 Å². The first-order valence-electron chi connectivity index (χ1n) is 4.80. The zero-order valence-electron chi connectivity index (χ0n) is 8.00. The van der Waals surface area contributed by atoms with Crippen LogP contribution in [0.4, 0.5) is 8.78 Å². The molecule has 0 spiro atoms. The van der Waals surface area contributed by atoms with Crippen molar-refractivity contribution in [3.8, 4) is 0 Å². The molecule has 1 aromatic carbocycles. The summed E-state index contributed by atoms with van der Waals surface area (Å²) in [7, 11) is 0. The van der Waals surface area contributed by atoms with Gasteiger partial charge in [0.25, 0.3) is 0 Å². The zero-order chi connectivity index (χ0) is 10.3. The van der Waals surface area contributed by atoms with Crippen molar-refractivity contribution in [2.75, 3.05) is 0 Å². The fourth-order valence-electron chi connectivity index (χ4n) is 1.99. The predicted octanol–water partition coefficient (Wildman–Crippen LogP) is 2.42. The molecule has 0 unspecified atom stereocenters. The molecule has 0 bridgehead atoms. The van der Waals surface area contributed by atoms with E-state index in [0.717, 1.165) is 6.42 Å². The molecule has 1 fully saturated rings. The van der Waals surface area contributed by atoms with E-state index in [9.17, 15) is 8.78 Å². The van der Waals surface area contributed by atoms with Crippen molar-refractivity contribution in [2.24, 2.45) is 11.7 Å². The maximum atomic E-state index is 13.3. The first-order valence-corrected chi connectivity index (χ1v) is 4.80. The van der Waals surface area contributed by atoms with Crippen molar-refractivity contribution in [1.82, 2.24) is 0 Å². The maximum absolute atomic E-state index is 13.3. The molecule has 2 N–H and O–H groups in total. The molecule has 1 aliphatic rings. The van der Waals surface area contributed by atoms with Crippen molar-refractivity contribution in [3.63, 3.8) is 0 Å². The van der Waals surface area contributed by atoms with Crippen molar-refractivity contribution in [3.05, 3.63) is 35.4 Å². The van der Waals surface area contributed by atoms with Gasteiger partial charge in [-0.25, -0.2) is 8.78 Å². The van der Waals surface area contributed by atoms with E-state index in [4.69, 9.17) is 5.73 Å². The highest BCUT2D eigenvalue weighted by atomic mass is 19.1. The monoisotopic (exact) mass is 197 g/mol. The summed E-state index contributed by atoms with van der Waals surface area (Å²) in [6, 6.07) is 4.00. The molecule has 0 heterocycles. The fraction of sp³-hybridized carbons (Fsp3) is 0.455. The molecule has 0 aromatic heterocycles. The number of halogens is 2. The molecule has 0 radical (unpaired) electrons. The summed E-state index contributed by atoms with van der Waals surface area (Å²) in [6.07, 6.45) is 0.801. The summed E-state index contributed by atoms with van der Waals surface area (Å²) in [4.78, 5) is 0. The standard InChI is InChI=1S/C11H13F2N/c1-6(14)7-5-8(7)11-9(12)3-2-4-10(11)13/h2-4,6-8H,5,14H2,1H3/t6-,7+,8+/m0/s1. The molecule has 1 aromatic rings. The van der Waals surface area contributed by atoms with Crippen LogP contribution >= 0.6 is 0 Å². The van der Waals surface area contributed by atoms with E-state index in [1.54, 1.807) is 0 Å². The Morgan fingerprint density at radius 1 is 1.36 bits per heavy atom. The van der Waals surface area contributed by atoms with Crippen LogP contribution in [0.5, 0.6) is 0 Å². The van der Waals surface area contributed by atoms with Crippen LogP contribution in [0.1, 0.15) is 24.8 Å². The molecular formula is C11H13F2N. The number of hydrogen-bond donors (Lipinski definition) is 1. The van der Waals surface area contributed by atoms with Gasteiger partial charge in [-0.15, -0.1) is 0 Å². The lowest BCUT2D eigenvalue weighted by Crippen LogP contribution is -2.18. The van der Waals surface area contributed by atoms with Crippen LogP contribution in [0.3, 0.4) is 0 Å². The van der Waals surface area contributed by atoms with Crippen LogP contribution < -0.4 is 5.73 Å². The smallest absolute Gasteiger partial charge is 0.129 e. The van der Waals surface area contributed by atoms with Gasteiger partial charge in [0.15, 0.2) is 0 Å². The molecule has 1 aliphatic carbocycles. The Morgan fingerprint density at radius 2 is 1.93 bits per heavy atom. The highest BCUT2D eigenvalue weighted by Gasteiger charge is 2.43. The maximum Gasteiger partial charge on any atom is 0.129 e. The minimum atomic E-state index is -0.446. The highest BCUT2D eigenvalue weighted by molar-refractivity contribution is 5.29. The Hall–Kier alpha value is -0.960. The highest BCUT2D eigenvalue weighted by Crippen LogP contribution is 2.50. The van der Waals surface area contributed by atoms with Crippen molar-refractivity contribution in [2.45, 2.75) is 25.3 Å². The molecule has 3 heteroatoms. The third kappa shape index (κ3) is 1.52. The van der Waals surface area contributed by atoms with Crippen LogP contribution in [0.15, 0.2) is 18.2 Å². The molecule has 1 nitrogen and oxygen atoms in total. The first-order chi connectivity index (χ1) is 6.61. The van der Waals surface area contributed by atoms with Gasteiger partial charge < -0.3 is 5.73 Å². The van der Waals surface area contributed by atoms with Crippen molar-refractivity contribution in [1.29, 1.82) is 0 Å². The van der Waals surface area contributed by atoms with Crippen molar-refractivity contribution < 1.29 is 8.78 Å². The Morgan fingerprint density at radius 3 is 2.36 bits per heavy atom. The van der Waals surface area contributed by atoms with Gasteiger partial charge in [0, 0.05) is 11.6 Å². The second kappa shape index (κ2) is 3.31. The van der Waals surface area contributed by atoms with E-state index in [1.165, 1.54) is 18.2 Å². The van der Waals surface area contributed by atoms with Crippen LogP contribution in [-0.2, 0) is 0 Å². The molecule has 1 saturated carbocycles. The largest absolute Gasteiger partial charge is 0.328 e. The van der Waals surface area contributed by atoms with Gasteiger partial charge in [0.1, 0.15) is 11.6 Å². The summed E-state index contributed by atoms with van der Waals surface area (Å²) in [5, 5.41) is 0. The van der Waals surface area contributed by atoms with E-state index in [2.05, 4.69) is 0 Å². The molecule has 0 saturated heterocycles. The van der Waals surface area contributed by atoms with E-state index in [-0.39, 0.29) is 23.4 Å². The number of hydrogen-bond acceptors (Lipinski definition) is 1. The molecule has 76 valence electrons. The molecule has 0 amide bonds. The van der Waals surface area contributed by atoms with Gasteiger partial charge in [0.2, 0.25) is 0 Å². The minimum Gasteiger partial charge on any atom is -0.328 e. The summed E-state index contributed by atoms with van der Waals surface area (Å²) >= 11 is 0. The summed E-state index contributed by atoms with van der Waals surface area (Å²) < 4.78 is 26.6. The SMILES string of the molecule is C[C@H](N)[C@H]1C[C@H]1c1c(F)cccc1F. The summed E-state index contributed by atoms with van der Waals surface area (Å²) in [6.45, 7) is 1.88. The van der Waals surface area contributed by atoms with E-state index in [1.807, 2.05) is 6.92 Å². The summed E-state index contributed by atoms with van der Waals surface area (Å²) in [5.74, 6) is -0.672. The van der Waals surface area contributed by atoms with Gasteiger partial charge >= 0.3 is 0 Å². The minimum absolute atomic E-state index is 0.0130. The fourth-order valence-corrected chi connectivity index (χ4v) is 1.99. The average Bonchev–Trinajstić information content (AvgIpc) is 2.83. The lowest BCUT2D eigenvalue weighted by Gasteiger charge is -2.06. The van der Waals surface area contributed by atoms with Gasteiger partial charge in [-0.05, 0) is 37.3 Å². The lowest BCUT2D eigenvalue weighted by atomic mass is 10.1. The average molecular weight is 197 g/mol. The second-order valence-electron chi connectivity index (χ2n) is 4.00. The Kier molecular flexibility index (Phi) is 2.27. The van der Waals surface area contributed by atoms with Crippen LogP contribution in [-0.4, -0.2) is 6.04 Å². The first kappa shape index (κ1) is 9.59. The Balaban J connectivity index is 2.26. The van der Waals surface area contributed by atoms with Gasteiger partial charge in [-0.3, -0.25) is 0 Å². The molecule has 0 aliphatic heterocycles.